The number of hydrogen-bond acceptors (Lipinski definition) is 3. The number of aryl methyl sites for hydroxylation is 2. The lowest BCUT2D eigenvalue weighted by atomic mass is 10.2. The molecule has 0 fully saturated rings. The molecule has 0 saturated carbocycles. The van der Waals surface area contributed by atoms with Gasteiger partial charge in [0.2, 0.25) is 0 Å². The van der Waals surface area contributed by atoms with Crippen molar-refractivity contribution in [2.45, 2.75) is 6.92 Å². The van der Waals surface area contributed by atoms with Crippen LogP contribution in [0.5, 0.6) is 0 Å². The van der Waals surface area contributed by atoms with Crippen molar-refractivity contribution >= 4 is 18.2 Å². The number of halogens is 1. The minimum atomic E-state index is -0.0758. The molecule has 0 amide bonds. The molecule has 12 heavy (non-hydrogen) atoms. The molecule has 0 radical (unpaired) electrons. The first-order valence-corrected chi connectivity index (χ1v) is 3.39. The van der Waals surface area contributed by atoms with Crippen LogP contribution in [0.3, 0.4) is 0 Å². The van der Waals surface area contributed by atoms with E-state index in [1.807, 2.05) is 6.92 Å². The Morgan fingerprint density at radius 3 is 2.67 bits per heavy atom. The lowest BCUT2D eigenvalue weighted by Crippen LogP contribution is -2.16. The molecule has 4 nitrogen and oxygen atoms in total. The third kappa shape index (κ3) is 2.06. The van der Waals surface area contributed by atoms with Gasteiger partial charge in [-0.1, -0.05) is 0 Å². The van der Waals surface area contributed by atoms with Crippen molar-refractivity contribution in [1.82, 2.24) is 9.78 Å². The molecular formula is C7H12ClN3O. The van der Waals surface area contributed by atoms with Gasteiger partial charge in [-0.15, -0.1) is 12.4 Å². The molecule has 1 aromatic heterocycles. The summed E-state index contributed by atoms with van der Waals surface area (Å²) in [7, 11) is 1.73. The number of nitrogens with two attached hydrogens (primary N) is 1. The van der Waals surface area contributed by atoms with Gasteiger partial charge in [-0.25, -0.2) is 0 Å². The molecule has 0 aliphatic carbocycles. The van der Waals surface area contributed by atoms with E-state index >= 15 is 0 Å². The van der Waals surface area contributed by atoms with Gasteiger partial charge in [0.1, 0.15) is 5.69 Å². The number of rotatable bonds is 2. The monoisotopic (exact) mass is 189 g/mol. The number of carbonyl (C=O) groups excluding carboxylic acids is 1. The van der Waals surface area contributed by atoms with E-state index in [1.165, 1.54) is 0 Å². The summed E-state index contributed by atoms with van der Waals surface area (Å²) >= 11 is 0. The zero-order valence-corrected chi connectivity index (χ0v) is 7.89. The SMILES string of the molecule is Cc1cc(C(=O)CN)n(C)n1.Cl. The minimum Gasteiger partial charge on any atom is -0.324 e. The molecule has 0 aromatic carbocycles. The second-order valence-electron chi connectivity index (χ2n) is 2.42. The van der Waals surface area contributed by atoms with Gasteiger partial charge in [-0.3, -0.25) is 9.48 Å². The van der Waals surface area contributed by atoms with Crippen molar-refractivity contribution < 1.29 is 4.79 Å². The molecule has 1 heterocycles. The normalized spacial score (nSPS) is 9.25. The molecule has 2 N–H and O–H groups in total. The molecule has 1 rings (SSSR count). The molecule has 0 spiro atoms. The van der Waals surface area contributed by atoms with Crippen molar-refractivity contribution in [2.24, 2.45) is 12.8 Å². The fraction of sp³-hybridized carbons (Fsp3) is 0.429. The molecule has 68 valence electrons. The molecule has 0 unspecified atom stereocenters. The van der Waals surface area contributed by atoms with Crippen LogP contribution < -0.4 is 5.73 Å². The first-order chi connectivity index (χ1) is 5.15. The van der Waals surface area contributed by atoms with Crippen LogP contribution in [0.2, 0.25) is 0 Å². The lowest BCUT2D eigenvalue weighted by molar-refractivity contribution is 0.0992. The van der Waals surface area contributed by atoms with Crippen LogP contribution in [0.4, 0.5) is 0 Å². The van der Waals surface area contributed by atoms with Crippen molar-refractivity contribution in [3.05, 3.63) is 17.5 Å². The highest BCUT2D eigenvalue weighted by molar-refractivity contribution is 5.96. The molecule has 0 saturated heterocycles. The van der Waals surface area contributed by atoms with E-state index in [1.54, 1.807) is 17.8 Å². The highest BCUT2D eigenvalue weighted by atomic mass is 35.5. The number of nitrogens with zero attached hydrogens (tertiary/aromatic N) is 2. The summed E-state index contributed by atoms with van der Waals surface area (Å²) in [6, 6.07) is 1.73. The average molecular weight is 190 g/mol. The summed E-state index contributed by atoms with van der Waals surface area (Å²) in [5, 5.41) is 4.02. The molecule has 0 aliphatic heterocycles. The van der Waals surface area contributed by atoms with Crippen molar-refractivity contribution in [3.63, 3.8) is 0 Å². The molecule has 0 atom stereocenters. The zero-order chi connectivity index (χ0) is 8.43. The number of carbonyl (C=O) groups is 1. The standard InChI is InChI=1S/C7H11N3O.ClH/c1-5-3-6(7(11)4-8)10(2)9-5;/h3H,4,8H2,1-2H3;1H. The first-order valence-electron chi connectivity index (χ1n) is 3.39. The van der Waals surface area contributed by atoms with Crippen LogP contribution >= 0.6 is 12.4 Å². The second-order valence-corrected chi connectivity index (χ2v) is 2.42. The van der Waals surface area contributed by atoms with Gasteiger partial charge in [0.25, 0.3) is 0 Å². The molecular weight excluding hydrogens is 178 g/mol. The fourth-order valence-corrected chi connectivity index (χ4v) is 0.976. The van der Waals surface area contributed by atoms with Crippen LogP contribution in [0.25, 0.3) is 0 Å². The second kappa shape index (κ2) is 4.23. The number of aromatic nitrogens is 2. The Labute approximate surface area is 77.2 Å². The van der Waals surface area contributed by atoms with Crippen molar-refractivity contribution in [2.75, 3.05) is 6.54 Å². The smallest absolute Gasteiger partial charge is 0.194 e. The summed E-state index contributed by atoms with van der Waals surface area (Å²) in [6.45, 7) is 1.88. The molecule has 1 aromatic rings. The molecule has 0 bridgehead atoms. The summed E-state index contributed by atoms with van der Waals surface area (Å²) in [6.07, 6.45) is 0. The van der Waals surface area contributed by atoms with Gasteiger partial charge in [0, 0.05) is 7.05 Å². The molecule has 0 aliphatic rings. The average Bonchev–Trinajstić information content (AvgIpc) is 2.28. The Kier molecular flexibility index (Phi) is 3.92. The summed E-state index contributed by atoms with van der Waals surface area (Å²) < 4.78 is 1.55. The summed E-state index contributed by atoms with van der Waals surface area (Å²) in [5.41, 5.74) is 6.60. The first kappa shape index (κ1) is 11.1. The maximum Gasteiger partial charge on any atom is 0.194 e. The number of Topliss-reactive ketones (excluding diaryl/α,β-unsaturated/α-hetero) is 1. The topological polar surface area (TPSA) is 60.9 Å². The van der Waals surface area contributed by atoms with Gasteiger partial charge >= 0.3 is 0 Å². The van der Waals surface area contributed by atoms with Crippen LogP contribution in [-0.4, -0.2) is 22.1 Å². The van der Waals surface area contributed by atoms with Gasteiger partial charge in [-0.05, 0) is 13.0 Å². The van der Waals surface area contributed by atoms with Crippen LogP contribution in [-0.2, 0) is 7.05 Å². The fourth-order valence-electron chi connectivity index (χ4n) is 0.976. The Morgan fingerprint density at radius 2 is 2.33 bits per heavy atom. The van der Waals surface area contributed by atoms with E-state index in [9.17, 15) is 4.79 Å². The van der Waals surface area contributed by atoms with Gasteiger partial charge in [-0.2, -0.15) is 5.10 Å². The Bertz CT molecular complexity index is 282. The lowest BCUT2D eigenvalue weighted by Gasteiger charge is -1.95. The van der Waals surface area contributed by atoms with Gasteiger partial charge in [0.05, 0.1) is 12.2 Å². The zero-order valence-electron chi connectivity index (χ0n) is 7.07. The minimum absolute atomic E-state index is 0. The quantitative estimate of drug-likeness (QED) is 0.681. The largest absolute Gasteiger partial charge is 0.324 e. The number of hydrogen-bond donors (Lipinski definition) is 1. The Morgan fingerprint density at radius 1 is 1.75 bits per heavy atom. The van der Waals surface area contributed by atoms with Crippen molar-refractivity contribution in [1.29, 1.82) is 0 Å². The Balaban J connectivity index is 0.00000121. The van der Waals surface area contributed by atoms with Gasteiger partial charge in [0.15, 0.2) is 5.78 Å². The van der Waals surface area contributed by atoms with E-state index < -0.39 is 0 Å². The van der Waals surface area contributed by atoms with Crippen LogP contribution in [0, 0.1) is 6.92 Å². The Hall–Kier alpha value is -0.870. The predicted octanol–water partition coefficient (Wildman–Crippen LogP) is 0.292. The highest BCUT2D eigenvalue weighted by Crippen LogP contribution is 2.01. The molecule has 5 heteroatoms. The van der Waals surface area contributed by atoms with E-state index in [0.29, 0.717) is 5.69 Å². The van der Waals surface area contributed by atoms with E-state index in [0.717, 1.165) is 5.69 Å². The van der Waals surface area contributed by atoms with Gasteiger partial charge < -0.3 is 5.73 Å². The third-order valence-corrected chi connectivity index (χ3v) is 1.47. The van der Waals surface area contributed by atoms with E-state index in [2.05, 4.69) is 5.10 Å². The predicted molar refractivity (Wildman–Crippen MR) is 48.6 cm³/mol. The maximum atomic E-state index is 11.1. The van der Waals surface area contributed by atoms with E-state index in [4.69, 9.17) is 5.73 Å². The van der Waals surface area contributed by atoms with E-state index in [-0.39, 0.29) is 24.7 Å². The van der Waals surface area contributed by atoms with Crippen LogP contribution in [0.15, 0.2) is 6.07 Å². The highest BCUT2D eigenvalue weighted by Gasteiger charge is 2.08. The van der Waals surface area contributed by atoms with Crippen molar-refractivity contribution in [3.8, 4) is 0 Å². The summed E-state index contributed by atoms with van der Waals surface area (Å²) in [4.78, 5) is 11.1. The summed E-state index contributed by atoms with van der Waals surface area (Å²) in [5.74, 6) is -0.0758. The number of ketones is 1. The van der Waals surface area contributed by atoms with Crippen LogP contribution in [0.1, 0.15) is 16.2 Å². The maximum absolute atomic E-state index is 11.1. The third-order valence-electron chi connectivity index (χ3n) is 1.47.